The molecule has 0 aliphatic heterocycles. The van der Waals surface area contributed by atoms with Crippen LogP contribution in [-0.4, -0.2) is 77.1 Å². The summed E-state index contributed by atoms with van der Waals surface area (Å²) in [6.07, 6.45) is 0.594. The van der Waals surface area contributed by atoms with Crippen LogP contribution in [0, 0.1) is 10.1 Å². The summed E-state index contributed by atoms with van der Waals surface area (Å²) in [7, 11) is 1.59. The van der Waals surface area contributed by atoms with Gasteiger partial charge in [0.05, 0.1) is 11.5 Å². The summed E-state index contributed by atoms with van der Waals surface area (Å²) in [5.74, 6) is 0.308. The van der Waals surface area contributed by atoms with Crippen molar-refractivity contribution in [2.24, 2.45) is 0 Å². The summed E-state index contributed by atoms with van der Waals surface area (Å²) in [5.41, 5.74) is 0.438. The standard InChI is InChI=1S/C20H28N4O7/c1-3-5-19(26)30-14-17(25)13-23(10-11-29-2)9-8-18-21-20(22-31-18)15-6-4-7-16(12-15)24(27)28/h4,6-7,12,17,25H,3,5,8-11,13-14H2,1-2H3/t17-/m0/s1. The second-order valence-corrected chi connectivity index (χ2v) is 6.95. The van der Waals surface area contributed by atoms with Crippen LogP contribution in [0.15, 0.2) is 28.8 Å². The third kappa shape index (κ3) is 8.40. The highest BCUT2D eigenvalue weighted by atomic mass is 16.6. The highest BCUT2D eigenvalue weighted by Gasteiger charge is 2.17. The van der Waals surface area contributed by atoms with E-state index in [4.69, 9.17) is 14.0 Å². The first-order chi connectivity index (χ1) is 14.9. The zero-order chi connectivity index (χ0) is 22.6. The lowest BCUT2D eigenvalue weighted by Crippen LogP contribution is -2.38. The fraction of sp³-hybridized carbons (Fsp3) is 0.550. The summed E-state index contributed by atoms with van der Waals surface area (Å²) in [5, 5.41) is 25.0. The van der Waals surface area contributed by atoms with Gasteiger partial charge in [-0.2, -0.15) is 4.98 Å². The number of ether oxygens (including phenoxy) is 2. The number of nitrogens with zero attached hydrogens (tertiary/aromatic N) is 4. The van der Waals surface area contributed by atoms with Crippen LogP contribution in [0.4, 0.5) is 5.69 Å². The largest absolute Gasteiger partial charge is 0.463 e. The molecule has 0 aliphatic rings. The Hall–Kier alpha value is -2.89. The Bertz CT molecular complexity index is 842. The Morgan fingerprint density at radius 2 is 2.19 bits per heavy atom. The molecule has 0 amide bonds. The molecule has 0 fully saturated rings. The van der Waals surface area contributed by atoms with Crippen LogP contribution < -0.4 is 0 Å². The molecule has 0 spiro atoms. The molecule has 1 aromatic heterocycles. The van der Waals surface area contributed by atoms with Gasteiger partial charge in [0.1, 0.15) is 12.7 Å². The van der Waals surface area contributed by atoms with E-state index in [0.29, 0.717) is 50.4 Å². The Labute approximate surface area is 180 Å². The van der Waals surface area contributed by atoms with Gasteiger partial charge in [0.15, 0.2) is 0 Å². The van der Waals surface area contributed by atoms with Gasteiger partial charge in [0.25, 0.3) is 5.69 Å². The molecule has 31 heavy (non-hydrogen) atoms. The molecule has 0 saturated carbocycles. The predicted molar refractivity (Wildman–Crippen MR) is 110 cm³/mol. The SMILES string of the molecule is CCCC(=O)OC[C@@H](O)CN(CCOC)CCc1nc(-c2cccc([N+](=O)[O-])c2)no1. The zero-order valence-electron chi connectivity index (χ0n) is 17.7. The van der Waals surface area contributed by atoms with Gasteiger partial charge in [-0.3, -0.25) is 19.8 Å². The van der Waals surface area contributed by atoms with Crippen molar-refractivity contribution < 1.29 is 28.8 Å². The topological polar surface area (TPSA) is 141 Å². The molecule has 1 N–H and O–H groups in total. The van der Waals surface area contributed by atoms with E-state index >= 15 is 0 Å². The summed E-state index contributed by atoms with van der Waals surface area (Å²) < 4.78 is 15.4. The molecule has 2 aromatic rings. The first kappa shape index (κ1) is 24.4. The van der Waals surface area contributed by atoms with Crippen LogP contribution in [-0.2, 0) is 20.7 Å². The van der Waals surface area contributed by atoms with Crippen LogP contribution in [0.5, 0.6) is 0 Å². The van der Waals surface area contributed by atoms with E-state index in [9.17, 15) is 20.0 Å². The van der Waals surface area contributed by atoms with Gasteiger partial charge in [0.2, 0.25) is 11.7 Å². The monoisotopic (exact) mass is 436 g/mol. The molecule has 0 unspecified atom stereocenters. The molecule has 11 nitrogen and oxygen atoms in total. The van der Waals surface area contributed by atoms with Crippen LogP contribution in [0.3, 0.4) is 0 Å². The third-order valence-electron chi connectivity index (χ3n) is 4.40. The molecule has 1 aromatic carbocycles. The molecular weight excluding hydrogens is 408 g/mol. The van der Waals surface area contributed by atoms with E-state index in [0.717, 1.165) is 0 Å². The van der Waals surface area contributed by atoms with E-state index in [1.807, 2.05) is 11.8 Å². The van der Waals surface area contributed by atoms with Gasteiger partial charge in [-0.1, -0.05) is 24.2 Å². The van der Waals surface area contributed by atoms with Crippen LogP contribution in [0.2, 0.25) is 0 Å². The number of aromatic nitrogens is 2. The number of rotatable bonds is 14. The molecule has 0 aliphatic carbocycles. The van der Waals surface area contributed by atoms with Crippen molar-refractivity contribution >= 4 is 11.7 Å². The Kier molecular flexibility index (Phi) is 10.0. The highest BCUT2D eigenvalue weighted by molar-refractivity contribution is 5.69. The number of nitro groups is 1. The number of benzene rings is 1. The smallest absolute Gasteiger partial charge is 0.305 e. The minimum absolute atomic E-state index is 0.0526. The van der Waals surface area contributed by atoms with Crippen molar-refractivity contribution in [3.05, 3.63) is 40.3 Å². The third-order valence-corrected chi connectivity index (χ3v) is 4.40. The van der Waals surface area contributed by atoms with Gasteiger partial charge in [0, 0.05) is 57.3 Å². The van der Waals surface area contributed by atoms with Crippen molar-refractivity contribution in [1.29, 1.82) is 0 Å². The fourth-order valence-corrected chi connectivity index (χ4v) is 2.82. The number of hydrogen-bond donors (Lipinski definition) is 1. The number of carbonyl (C=O) groups is 1. The molecule has 0 saturated heterocycles. The molecule has 0 bridgehead atoms. The molecule has 0 radical (unpaired) electrons. The van der Waals surface area contributed by atoms with E-state index in [1.165, 1.54) is 12.1 Å². The Morgan fingerprint density at radius 1 is 1.39 bits per heavy atom. The predicted octanol–water partition coefficient (Wildman–Crippen LogP) is 1.84. The normalized spacial score (nSPS) is 12.1. The molecule has 1 heterocycles. The molecule has 2 rings (SSSR count). The number of esters is 1. The first-order valence-corrected chi connectivity index (χ1v) is 10.0. The Morgan fingerprint density at radius 3 is 2.90 bits per heavy atom. The fourth-order valence-electron chi connectivity index (χ4n) is 2.82. The maximum absolute atomic E-state index is 11.5. The summed E-state index contributed by atoms with van der Waals surface area (Å²) in [6.45, 7) is 3.62. The van der Waals surface area contributed by atoms with Crippen molar-refractivity contribution in [3.63, 3.8) is 0 Å². The maximum Gasteiger partial charge on any atom is 0.305 e. The second kappa shape index (κ2) is 12.7. The number of non-ortho nitro benzene ring substituents is 1. The highest BCUT2D eigenvalue weighted by Crippen LogP contribution is 2.21. The van der Waals surface area contributed by atoms with Gasteiger partial charge < -0.3 is 19.1 Å². The summed E-state index contributed by atoms with van der Waals surface area (Å²) >= 11 is 0. The lowest BCUT2D eigenvalue weighted by molar-refractivity contribution is -0.384. The number of methoxy groups -OCH3 is 1. The quantitative estimate of drug-likeness (QED) is 0.265. The lowest BCUT2D eigenvalue weighted by atomic mass is 10.2. The van der Waals surface area contributed by atoms with Crippen molar-refractivity contribution in [3.8, 4) is 11.4 Å². The number of aliphatic hydroxyl groups is 1. The lowest BCUT2D eigenvalue weighted by Gasteiger charge is -2.24. The van der Waals surface area contributed by atoms with E-state index in [-0.39, 0.29) is 30.6 Å². The summed E-state index contributed by atoms with van der Waals surface area (Å²) in [4.78, 5) is 28.2. The first-order valence-electron chi connectivity index (χ1n) is 10.0. The van der Waals surface area contributed by atoms with Gasteiger partial charge in [-0.25, -0.2) is 0 Å². The summed E-state index contributed by atoms with van der Waals surface area (Å²) in [6, 6.07) is 6.01. The van der Waals surface area contributed by atoms with Crippen LogP contribution in [0.1, 0.15) is 25.7 Å². The number of nitro benzene ring substituents is 1. The van der Waals surface area contributed by atoms with Gasteiger partial charge in [-0.15, -0.1) is 0 Å². The van der Waals surface area contributed by atoms with Crippen LogP contribution in [0.25, 0.3) is 11.4 Å². The Balaban J connectivity index is 1.92. The number of aliphatic hydroxyl groups excluding tert-OH is 1. The number of hydrogen-bond acceptors (Lipinski definition) is 10. The molecule has 11 heteroatoms. The number of carbonyl (C=O) groups excluding carboxylic acids is 1. The average molecular weight is 436 g/mol. The molecule has 1 atom stereocenters. The average Bonchev–Trinajstić information content (AvgIpc) is 3.23. The molecular formula is C20H28N4O7. The van der Waals surface area contributed by atoms with Crippen LogP contribution >= 0.6 is 0 Å². The maximum atomic E-state index is 11.5. The second-order valence-electron chi connectivity index (χ2n) is 6.95. The van der Waals surface area contributed by atoms with Crippen molar-refractivity contribution in [1.82, 2.24) is 15.0 Å². The van der Waals surface area contributed by atoms with Gasteiger partial charge in [-0.05, 0) is 6.42 Å². The van der Waals surface area contributed by atoms with E-state index < -0.39 is 11.0 Å². The minimum atomic E-state index is -0.833. The minimum Gasteiger partial charge on any atom is -0.463 e. The zero-order valence-corrected chi connectivity index (χ0v) is 17.7. The van der Waals surface area contributed by atoms with Gasteiger partial charge >= 0.3 is 5.97 Å². The van der Waals surface area contributed by atoms with E-state index in [1.54, 1.807) is 19.2 Å². The molecule has 170 valence electrons. The van der Waals surface area contributed by atoms with E-state index in [2.05, 4.69) is 10.1 Å². The van der Waals surface area contributed by atoms with Crippen molar-refractivity contribution in [2.75, 3.05) is 40.0 Å². The van der Waals surface area contributed by atoms with Crippen molar-refractivity contribution in [2.45, 2.75) is 32.3 Å².